The van der Waals surface area contributed by atoms with Crippen LogP contribution in [0.25, 0.3) is 0 Å². The van der Waals surface area contributed by atoms with Crippen molar-refractivity contribution in [2.24, 2.45) is 0 Å². The number of hydrogen-bond donors (Lipinski definition) is 0. The second-order valence-electron chi connectivity index (χ2n) is 4.58. The highest BCUT2D eigenvalue weighted by atomic mass is 31.1. The Labute approximate surface area is 122 Å². The van der Waals surface area contributed by atoms with Crippen LogP contribution in [0, 0.1) is 0 Å². The molecule has 0 fully saturated rings. The van der Waals surface area contributed by atoms with E-state index in [0.717, 1.165) is 0 Å². The van der Waals surface area contributed by atoms with Gasteiger partial charge in [-0.2, -0.15) is 0 Å². The average molecular weight is 273 g/mol. The van der Waals surface area contributed by atoms with Crippen molar-refractivity contribution in [3.63, 3.8) is 0 Å². The minimum absolute atomic E-state index is 0.452. The van der Waals surface area contributed by atoms with Gasteiger partial charge in [-0.3, -0.25) is 13.3 Å². The van der Waals surface area contributed by atoms with Gasteiger partial charge in [-0.15, -0.1) is 12.1 Å². The molecule has 0 aliphatic heterocycles. The summed E-state index contributed by atoms with van der Waals surface area (Å²) in [5.74, 6) is 0. The van der Waals surface area contributed by atoms with E-state index in [-0.39, 0.29) is 0 Å². The van der Waals surface area contributed by atoms with E-state index in [1.165, 1.54) is 16.1 Å². The molecule has 96 valence electrons. The monoisotopic (exact) mass is 273 g/mol. The molecule has 0 bridgehead atoms. The maximum absolute atomic E-state index is 2.39. The van der Waals surface area contributed by atoms with Gasteiger partial charge >= 0.3 is 0 Å². The molecule has 0 nitrogen and oxygen atoms in total. The maximum atomic E-state index is 2.39. The van der Waals surface area contributed by atoms with Crippen LogP contribution in [-0.2, 0) is 0 Å². The predicted molar refractivity (Wildman–Crippen MR) is 90.9 cm³/mol. The van der Waals surface area contributed by atoms with Gasteiger partial charge in [-0.25, -0.2) is 7.00 Å². The third-order valence-corrected chi connectivity index (χ3v) is 5.41. The Hall–Kier alpha value is -1.85. The van der Waals surface area contributed by atoms with Gasteiger partial charge in [0.25, 0.3) is 0 Å². The van der Waals surface area contributed by atoms with Crippen LogP contribution in [0.2, 0.25) is 0 Å². The average Bonchev–Trinajstić information content (AvgIpc) is 2.55. The van der Waals surface area contributed by atoms with Crippen molar-refractivity contribution in [1.82, 2.24) is 0 Å². The summed E-state index contributed by atoms with van der Waals surface area (Å²) >= 11 is 0. The maximum Gasteiger partial charge on any atom is -0.0578 e. The molecule has 0 saturated heterocycles. The Kier molecular flexibility index (Phi) is 4.30. The fourth-order valence-corrected chi connectivity index (χ4v) is 4.22. The van der Waals surface area contributed by atoms with Gasteiger partial charge in [-0.1, -0.05) is 89.5 Å². The minimum Gasteiger partial charge on any atom is -0.281 e. The molecule has 0 atom stereocenters. The van der Waals surface area contributed by atoms with E-state index >= 15 is 0 Å². The lowest BCUT2D eigenvalue weighted by atomic mass is 9.95. The first-order chi connectivity index (χ1) is 9.93. The molecule has 3 rings (SSSR count). The Bertz CT molecular complexity index is 599. The van der Waals surface area contributed by atoms with Crippen molar-refractivity contribution in [3.05, 3.63) is 91.0 Å². The standard InChI is InChI=1S/C18H15BP/c1-4-10-16(11-5-1)19-20(17-12-6-2-7-13-17)18-14-8-3-9-15-18/h1-15H/q-1. The van der Waals surface area contributed by atoms with E-state index in [1.54, 1.807) is 0 Å². The predicted octanol–water partition coefficient (Wildman–Crippen LogP) is 3.06. The normalized spacial score (nSPS) is 10.7. The van der Waals surface area contributed by atoms with Crippen molar-refractivity contribution < 1.29 is 0 Å². The van der Waals surface area contributed by atoms with Gasteiger partial charge in [0.1, 0.15) is 0 Å². The molecule has 0 spiro atoms. The number of rotatable bonds is 4. The van der Waals surface area contributed by atoms with Crippen molar-refractivity contribution in [2.45, 2.75) is 0 Å². The van der Waals surface area contributed by atoms with E-state index in [0.29, 0.717) is 0 Å². The summed E-state index contributed by atoms with van der Waals surface area (Å²) in [6.07, 6.45) is 0. The third-order valence-electron chi connectivity index (χ3n) is 3.15. The summed E-state index contributed by atoms with van der Waals surface area (Å²) in [6.45, 7) is 2.39. The summed E-state index contributed by atoms with van der Waals surface area (Å²) in [7, 11) is -0.452. The van der Waals surface area contributed by atoms with Gasteiger partial charge < -0.3 is 0 Å². The van der Waals surface area contributed by atoms with Gasteiger partial charge in [0.2, 0.25) is 0 Å². The SMILES string of the molecule is [B-](c1ccccc1)P(c1ccccc1)c1ccccc1. The molecule has 0 unspecified atom stereocenters. The highest BCUT2D eigenvalue weighted by Crippen LogP contribution is 2.30. The molecule has 2 radical (unpaired) electrons. The van der Waals surface area contributed by atoms with E-state index in [9.17, 15) is 0 Å². The first-order valence-corrected chi connectivity index (χ1v) is 8.14. The van der Waals surface area contributed by atoms with Gasteiger partial charge in [0, 0.05) is 0 Å². The van der Waals surface area contributed by atoms with Crippen molar-refractivity contribution in [2.75, 3.05) is 0 Å². The van der Waals surface area contributed by atoms with Gasteiger partial charge in [0.05, 0.1) is 0 Å². The molecule has 0 aromatic heterocycles. The molecule has 3 aromatic rings. The molecule has 2 heteroatoms. The molecule has 0 heterocycles. The van der Waals surface area contributed by atoms with Crippen LogP contribution >= 0.6 is 7.80 Å². The Balaban J connectivity index is 1.96. The van der Waals surface area contributed by atoms with E-state index in [4.69, 9.17) is 0 Å². The Morgan fingerprint density at radius 1 is 0.500 bits per heavy atom. The highest BCUT2D eigenvalue weighted by Gasteiger charge is 2.01. The largest absolute Gasteiger partial charge is 0.281 e. The molecular formula is C18H15BP-. The molecule has 0 amide bonds. The highest BCUT2D eigenvalue weighted by molar-refractivity contribution is 7.98. The summed E-state index contributed by atoms with van der Waals surface area (Å²) in [5, 5.41) is 2.77. The van der Waals surface area contributed by atoms with Crippen LogP contribution in [-0.4, -0.2) is 7.00 Å². The fourth-order valence-electron chi connectivity index (χ4n) is 2.16. The van der Waals surface area contributed by atoms with Crippen LogP contribution in [0.5, 0.6) is 0 Å². The second kappa shape index (κ2) is 6.54. The zero-order valence-electron chi connectivity index (χ0n) is 11.2. The summed E-state index contributed by atoms with van der Waals surface area (Å²) in [5.41, 5.74) is 1.28. The number of benzene rings is 3. The summed E-state index contributed by atoms with van der Waals surface area (Å²) < 4.78 is 0. The lowest BCUT2D eigenvalue weighted by Crippen LogP contribution is -2.23. The zero-order chi connectivity index (χ0) is 13.6. The van der Waals surface area contributed by atoms with Crippen LogP contribution in [0.1, 0.15) is 0 Å². The third kappa shape index (κ3) is 3.18. The van der Waals surface area contributed by atoms with Gasteiger partial charge in [-0.05, 0) is 0 Å². The van der Waals surface area contributed by atoms with E-state index in [1.807, 2.05) is 0 Å². The van der Waals surface area contributed by atoms with E-state index in [2.05, 4.69) is 98.0 Å². The van der Waals surface area contributed by atoms with Crippen LogP contribution in [0.4, 0.5) is 0 Å². The first-order valence-electron chi connectivity index (χ1n) is 6.73. The van der Waals surface area contributed by atoms with Gasteiger partial charge in [0.15, 0.2) is 0 Å². The van der Waals surface area contributed by atoms with Crippen LogP contribution < -0.4 is 16.1 Å². The summed E-state index contributed by atoms with van der Waals surface area (Å²) in [6, 6.07) is 32.1. The molecule has 0 N–H and O–H groups in total. The fraction of sp³-hybridized carbons (Fsp3) is 0. The van der Waals surface area contributed by atoms with Crippen molar-refractivity contribution in [1.29, 1.82) is 0 Å². The lowest BCUT2D eigenvalue weighted by molar-refractivity contribution is 1.75. The number of hydrogen-bond acceptors (Lipinski definition) is 0. The smallest absolute Gasteiger partial charge is 0.0578 e. The van der Waals surface area contributed by atoms with E-state index < -0.39 is 7.80 Å². The topological polar surface area (TPSA) is 0 Å². The zero-order valence-corrected chi connectivity index (χ0v) is 12.1. The van der Waals surface area contributed by atoms with Crippen molar-refractivity contribution >= 4 is 30.9 Å². The Morgan fingerprint density at radius 3 is 1.35 bits per heavy atom. The molecule has 0 saturated carbocycles. The van der Waals surface area contributed by atoms with Crippen LogP contribution in [0.15, 0.2) is 91.0 Å². The first kappa shape index (κ1) is 13.2. The molecule has 0 aliphatic rings. The Morgan fingerprint density at radius 2 is 0.900 bits per heavy atom. The molecule has 20 heavy (non-hydrogen) atoms. The molecule has 0 aliphatic carbocycles. The lowest BCUT2D eigenvalue weighted by Gasteiger charge is -2.33. The molecular weight excluding hydrogens is 258 g/mol. The minimum atomic E-state index is -0.452. The quantitative estimate of drug-likeness (QED) is 0.506. The molecule has 3 aromatic carbocycles. The summed E-state index contributed by atoms with van der Waals surface area (Å²) in [4.78, 5) is 0. The van der Waals surface area contributed by atoms with Crippen molar-refractivity contribution in [3.8, 4) is 0 Å². The van der Waals surface area contributed by atoms with Crippen LogP contribution in [0.3, 0.4) is 0 Å². The second-order valence-corrected chi connectivity index (χ2v) is 6.61.